The summed E-state index contributed by atoms with van der Waals surface area (Å²) >= 11 is 0. The van der Waals surface area contributed by atoms with E-state index in [1.165, 1.54) is 24.8 Å². The summed E-state index contributed by atoms with van der Waals surface area (Å²) in [7, 11) is 0. The predicted octanol–water partition coefficient (Wildman–Crippen LogP) is 4.06. The monoisotopic (exact) mass is 244 g/mol. The van der Waals surface area contributed by atoms with Crippen molar-refractivity contribution in [3.63, 3.8) is 0 Å². The maximum absolute atomic E-state index is 8.88. The van der Waals surface area contributed by atoms with E-state index >= 15 is 0 Å². The molecule has 0 bridgehead atoms. The van der Waals surface area contributed by atoms with Gasteiger partial charge in [0.1, 0.15) is 0 Å². The van der Waals surface area contributed by atoms with Crippen molar-refractivity contribution in [2.24, 2.45) is 5.92 Å². The second-order valence-electron chi connectivity index (χ2n) is 5.17. The normalized spacial score (nSPS) is 12.3. The largest absolute Gasteiger partial charge is 0.309 e. The molecule has 0 aliphatic rings. The molecule has 1 rings (SSSR count). The van der Waals surface area contributed by atoms with Gasteiger partial charge in [0.25, 0.3) is 0 Å². The van der Waals surface area contributed by atoms with Crippen LogP contribution in [-0.2, 0) is 0 Å². The topological polar surface area (TPSA) is 35.8 Å². The van der Waals surface area contributed by atoms with Gasteiger partial charge >= 0.3 is 0 Å². The number of unbranched alkanes of at least 4 members (excludes halogenated alkanes) is 1. The van der Waals surface area contributed by atoms with Crippen LogP contribution in [0.4, 0.5) is 0 Å². The highest BCUT2D eigenvalue weighted by Gasteiger charge is 2.09. The first kappa shape index (κ1) is 14.7. The standard InChI is InChI=1S/C16H24N2/c1-14(2)8-6-7-13-18-16(11-12-17)15-9-4-3-5-10-15/h3-5,9-10,14,16,18H,6-8,11,13H2,1-2H3. The van der Waals surface area contributed by atoms with Crippen LogP contribution in [0.1, 0.15) is 51.1 Å². The van der Waals surface area contributed by atoms with E-state index in [0.717, 1.165) is 12.5 Å². The van der Waals surface area contributed by atoms with Gasteiger partial charge in [-0.05, 0) is 24.4 Å². The van der Waals surface area contributed by atoms with Gasteiger partial charge in [-0.25, -0.2) is 0 Å². The number of nitrogens with zero attached hydrogens (tertiary/aromatic N) is 1. The molecule has 0 spiro atoms. The van der Waals surface area contributed by atoms with E-state index < -0.39 is 0 Å². The molecule has 0 radical (unpaired) electrons. The van der Waals surface area contributed by atoms with Gasteiger partial charge in [-0.1, -0.05) is 57.0 Å². The highest BCUT2D eigenvalue weighted by molar-refractivity contribution is 5.19. The minimum atomic E-state index is 0.176. The van der Waals surface area contributed by atoms with Gasteiger partial charge in [0.2, 0.25) is 0 Å². The lowest BCUT2D eigenvalue weighted by atomic mass is 10.0. The number of hydrogen-bond acceptors (Lipinski definition) is 2. The summed E-state index contributed by atoms with van der Waals surface area (Å²) < 4.78 is 0. The van der Waals surface area contributed by atoms with E-state index in [1.54, 1.807) is 0 Å². The second kappa shape index (κ2) is 8.72. The number of rotatable bonds is 8. The first-order valence-electron chi connectivity index (χ1n) is 6.89. The Morgan fingerprint density at radius 3 is 2.50 bits per heavy atom. The average Bonchev–Trinajstić information content (AvgIpc) is 2.38. The molecule has 0 fully saturated rings. The summed E-state index contributed by atoms with van der Waals surface area (Å²) in [6, 6.07) is 12.7. The Morgan fingerprint density at radius 2 is 1.89 bits per heavy atom. The third-order valence-electron chi connectivity index (χ3n) is 3.10. The van der Waals surface area contributed by atoms with Crippen LogP contribution in [0.2, 0.25) is 0 Å². The fraction of sp³-hybridized carbons (Fsp3) is 0.562. The Morgan fingerprint density at radius 1 is 1.17 bits per heavy atom. The molecule has 0 heterocycles. The van der Waals surface area contributed by atoms with Gasteiger partial charge in [-0.2, -0.15) is 5.26 Å². The Kier molecular flexibility index (Phi) is 7.13. The summed E-state index contributed by atoms with van der Waals surface area (Å²) in [6.07, 6.45) is 4.27. The van der Waals surface area contributed by atoms with Gasteiger partial charge in [0.05, 0.1) is 12.5 Å². The van der Waals surface area contributed by atoms with Crippen LogP contribution in [-0.4, -0.2) is 6.54 Å². The predicted molar refractivity (Wildman–Crippen MR) is 76.1 cm³/mol. The third-order valence-corrected chi connectivity index (χ3v) is 3.10. The maximum atomic E-state index is 8.88. The fourth-order valence-corrected chi connectivity index (χ4v) is 2.04. The molecule has 2 nitrogen and oxygen atoms in total. The molecule has 0 saturated heterocycles. The molecule has 1 N–H and O–H groups in total. The fourth-order valence-electron chi connectivity index (χ4n) is 2.04. The van der Waals surface area contributed by atoms with Gasteiger partial charge in [0, 0.05) is 6.04 Å². The lowest BCUT2D eigenvalue weighted by Gasteiger charge is -2.16. The lowest BCUT2D eigenvalue weighted by Crippen LogP contribution is -2.22. The first-order valence-corrected chi connectivity index (χ1v) is 6.89. The molecule has 2 heteroatoms. The minimum absolute atomic E-state index is 0.176. The van der Waals surface area contributed by atoms with Crippen molar-refractivity contribution in [2.75, 3.05) is 6.54 Å². The van der Waals surface area contributed by atoms with Crippen LogP contribution >= 0.6 is 0 Å². The molecule has 0 aliphatic heterocycles. The van der Waals surface area contributed by atoms with E-state index in [4.69, 9.17) is 5.26 Å². The highest BCUT2D eigenvalue weighted by Crippen LogP contribution is 2.16. The minimum Gasteiger partial charge on any atom is -0.309 e. The maximum Gasteiger partial charge on any atom is 0.0641 e. The molecule has 0 saturated carbocycles. The van der Waals surface area contributed by atoms with E-state index in [1.807, 2.05) is 18.2 Å². The third kappa shape index (κ3) is 5.84. The summed E-state index contributed by atoms with van der Waals surface area (Å²) in [5, 5.41) is 12.4. The van der Waals surface area contributed by atoms with Crippen LogP contribution in [0, 0.1) is 17.2 Å². The molecule has 0 amide bonds. The molecule has 98 valence electrons. The summed E-state index contributed by atoms with van der Waals surface area (Å²) in [5.74, 6) is 0.786. The molecule has 1 aromatic rings. The van der Waals surface area contributed by atoms with E-state index in [0.29, 0.717) is 6.42 Å². The Balaban J connectivity index is 2.33. The molecular weight excluding hydrogens is 220 g/mol. The molecule has 1 atom stereocenters. The molecule has 1 aromatic carbocycles. The number of nitrogens with one attached hydrogen (secondary N) is 1. The summed E-state index contributed by atoms with van der Waals surface area (Å²) in [5.41, 5.74) is 1.21. The molecule has 0 aromatic heterocycles. The zero-order valence-electron chi connectivity index (χ0n) is 11.5. The van der Waals surface area contributed by atoms with Crippen molar-refractivity contribution in [3.8, 4) is 6.07 Å². The first-order chi connectivity index (χ1) is 8.74. The molecular formula is C16H24N2. The highest BCUT2D eigenvalue weighted by atomic mass is 14.9. The van der Waals surface area contributed by atoms with Crippen molar-refractivity contribution in [1.29, 1.82) is 5.26 Å². The number of benzene rings is 1. The van der Waals surface area contributed by atoms with E-state index in [-0.39, 0.29) is 6.04 Å². The zero-order chi connectivity index (χ0) is 13.2. The van der Waals surface area contributed by atoms with Crippen molar-refractivity contribution in [1.82, 2.24) is 5.32 Å². The van der Waals surface area contributed by atoms with Gasteiger partial charge in [-0.15, -0.1) is 0 Å². The average molecular weight is 244 g/mol. The van der Waals surface area contributed by atoms with Crippen LogP contribution < -0.4 is 5.32 Å². The molecule has 1 unspecified atom stereocenters. The Hall–Kier alpha value is -1.33. The van der Waals surface area contributed by atoms with E-state index in [2.05, 4.69) is 37.4 Å². The van der Waals surface area contributed by atoms with E-state index in [9.17, 15) is 0 Å². The second-order valence-corrected chi connectivity index (χ2v) is 5.17. The van der Waals surface area contributed by atoms with Crippen molar-refractivity contribution in [3.05, 3.63) is 35.9 Å². The smallest absolute Gasteiger partial charge is 0.0641 e. The number of nitriles is 1. The van der Waals surface area contributed by atoms with Crippen molar-refractivity contribution < 1.29 is 0 Å². The van der Waals surface area contributed by atoms with Gasteiger partial charge in [0.15, 0.2) is 0 Å². The van der Waals surface area contributed by atoms with Crippen molar-refractivity contribution >= 4 is 0 Å². The SMILES string of the molecule is CC(C)CCCCNC(CC#N)c1ccccc1. The summed E-state index contributed by atoms with van der Waals surface area (Å²) in [4.78, 5) is 0. The lowest BCUT2D eigenvalue weighted by molar-refractivity contribution is 0.487. The number of hydrogen-bond donors (Lipinski definition) is 1. The molecule has 18 heavy (non-hydrogen) atoms. The van der Waals surface area contributed by atoms with Gasteiger partial charge in [-0.3, -0.25) is 0 Å². The molecule has 0 aliphatic carbocycles. The van der Waals surface area contributed by atoms with Crippen LogP contribution in [0.5, 0.6) is 0 Å². The zero-order valence-corrected chi connectivity index (χ0v) is 11.5. The van der Waals surface area contributed by atoms with Gasteiger partial charge < -0.3 is 5.32 Å². The quantitative estimate of drug-likeness (QED) is 0.700. The van der Waals surface area contributed by atoms with Crippen LogP contribution in [0.25, 0.3) is 0 Å². The Labute approximate surface area is 111 Å². The van der Waals surface area contributed by atoms with Crippen LogP contribution in [0.15, 0.2) is 30.3 Å². The Bertz CT molecular complexity index is 351. The van der Waals surface area contributed by atoms with Crippen LogP contribution in [0.3, 0.4) is 0 Å². The van der Waals surface area contributed by atoms with Crippen molar-refractivity contribution in [2.45, 2.75) is 45.6 Å². The summed E-state index contributed by atoms with van der Waals surface area (Å²) in [6.45, 7) is 5.51.